The van der Waals surface area contributed by atoms with Crippen LogP contribution in [-0.2, 0) is 4.84 Å². The van der Waals surface area contributed by atoms with Gasteiger partial charge >= 0.3 is 0 Å². The lowest BCUT2D eigenvalue weighted by Crippen LogP contribution is -2.40. The first-order valence-corrected chi connectivity index (χ1v) is 5.68. The molecule has 80 valence electrons. The van der Waals surface area contributed by atoms with Crippen LogP contribution in [0.5, 0.6) is 0 Å². The molecule has 0 N–H and O–H groups in total. The fourth-order valence-electron chi connectivity index (χ4n) is 2.90. The van der Waals surface area contributed by atoms with Crippen molar-refractivity contribution >= 4 is 0 Å². The molecule has 2 nitrogen and oxygen atoms in total. The number of rotatable bonds is 1. The Bertz CT molecular complexity index is 360. The Hall–Kier alpha value is -0.860. The Morgan fingerprint density at radius 3 is 2.60 bits per heavy atom. The minimum absolute atomic E-state index is 0.198. The zero-order valence-corrected chi connectivity index (χ0v) is 9.31. The topological polar surface area (TPSA) is 12.5 Å². The van der Waals surface area contributed by atoms with E-state index in [9.17, 15) is 0 Å². The molecule has 0 spiro atoms. The first kappa shape index (κ1) is 9.37. The van der Waals surface area contributed by atoms with Gasteiger partial charge in [-0.3, -0.25) is 4.84 Å². The number of fused-ring (bicyclic) bond motifs is 2. The number of piperidine rings is 1. The lowest BCUT2D eigenvalue weighted by molar-refractivity contribution is -0.158. The summed E-state index contributed by atoms with van der Waals surface area (Å²) in [5.41, 5.74) is 1.58. The summed E-state index contributed by atoms with van der Waals surface area (Å²) in [5, 5.41) is 2.20. The predicted octanol–water partition coefficient (Wildman–Crippen LogP) is 2.92. The Labute approximate surface area is 90.8 Å². The summed E-state index contributed by atoms with van der Waals surface area (Å²) >= 11 is 0. The fraction of sp³-hybridized carbons (Fsp3) is 0.538. The van der Waals surface area contributed by atoms with Crippen LogP contribution in [0.4, 0.5) is 0 Å². The van der Waals surface area contributed by atoms with Gasteiger partial charge in [0.1, 0.15) is 0 Å². The van der Waals surface area contributed by atoms with Gasteiger partial charge in [0.05, 0.1) is 12.1 Å². The van der Waals surface area contributed by atoms with E-state index in [4.69, 9.17) is 4.84 Å². The standard InChI is InChI=1S/C13H17NO/c1-13(2)9-11-8-12(14(13)15-11)10-6-4-3-5-7-10/h3-7,11-12H,8-9H2,1-2H3/t11-,12-/m0/s1. The summed E-state index contributed by atoms with van der Waals surface area (Å²) < 4.78 is 0. The molecule has 2 aliphatic rings. The molecule has 15 heavy (non-hydrogen) atoms. The molecule has 0 aromatic heterocycles. The van der Waals surface area contributed by atoms with Crippen molar-refractivity contribution in [2.45, 2.75) is 44.4 Å². The van der Waals surface area contributed by atoms with Crippen LogP contribution in [0, 0.1) is 0 Å². The summed E-state index contributed by atoms with van der Waals surface area (Å²) in [6.45, 7) is 4.53. The number of benzene rings is 1. The van der Waals surface area contributed by atoms with Gasteiger partial charge in [-0.2, -0.15) is 5.06 Å². The number of nitrogens with zero attached hydrogens (tertiary/aromatic N) is 1. The van der Waals surface area contributed by atoms with E-state index in [0.29, 0.717) is 12.1 Å². The van der Waals surface area contributed by atoms with E-state index in [2.05, 4.69) is 49.2 Å². The Kier molecular flexibility index (Phi) is 1.91. The van der Waals surface area contributed by atoms with Crippen molar-refractivity contribution in [1.29, 1.82) is 0 Å². The normalized spacial score (nSPS) is 37.1. The van der Waals surface area contributed by atoms with Gasteiger partial charge in [-0.1, -0.05) is 30.3 Å². The van der Waals surface area contributed by atoms with Crippen molar-refractivity contribution in [3.8, 4) is 0 Å². The lowest BCUT2D eigenvalue weighted by atomic mass is 9.86. The maximum atomic E-state index is 5.89. The summed E-state index contributed by atoms with van der Waals surface area (Å²) in [7, 11) is 0. The van der Waals surface area contributed by atoms with E-state index in [-0.39, 0.29) is 5.54 Å². The van der Waals surface area contributed by atoms with Gasteiger partial charge in [0, 0.05) is 5.54 Å². The van der Waals surface area contributed by atoms with Crippen molar-refractivity contribution in [2.75, 3.05) is 0 Å². The Morgan fingerprint density at radius 1 is 1.27 bits per heavy atom. The molecule has 0 radical (unpaired) electrons. The predicted molar refractivity (Wildman–Crippen MR) is 59.2 cm³/mol. The molecule has 1 unspecified atom stereocenters. The molecule has 3 atom stereocenters. The molecule has 2 aliphatic heterocycles. The molecule has 1 aromatic carbocycles. The van der Waals surface area contributed by atoms with Gasteiger partial charge in [0.2, 0.25) is 0 Å². The van der Waals surface area contributed by atoms with Crippen molar-refractivity contribution < 1.29 is 4.84 Å². The van der Waals surface area contributed by atoms with E-state index in [1.54, 1.807) is 0 Å². The molecule has 1 aromatic rings. The largest absolute Gasteiger partial charge is 0.294 e. The SMILES string of the molecule is CC1(C)C[C@@H]2C[C@@H](c3ccccc3)N1O2. The van der Waals surface area contributed by atoms with Gasteiger partial charge in [0.25, 0.3) is 0 Å². The zero-order chi connectivity index (χ0) is 10.5. The molecule has 2 bridgehead atoms. The van der Waals surface area contributed by atoms with Gasteiger partial charge in [-0.05, 0) is 32.3 Å². The summed E-state index contributed by atoms with van der Waals surface area (Å²) in [5.74, 6) is 0. The van der Waals surface area contributed by atoms with Crippen LogP contribution in [-0.4, -0.2) is 16.7 Å². The average molecular weight is 203 g/mol. The highest BCUT2D eigenvalue weighted by atomic mass is 16.7. The molecule has 2 heterocycles. The van der Waals surface area contributed by atoms with E-state index in [1.165, 1.54) is 5.56 Å². The molecule has 2 saturated heterocycles. The van der Waals surface area contributed by atoms with Gasteiger partial charge < -0.3 is 0 Å². The quantitative estimate of drug-likeness (QED) is 0.696. The second kappa shape index (κ2) is 3.06. The van der Waals surface area contributed by atoms with E-state index < -0.39 is 0 Å². The Morgan fingerprint density at radius 2 is 2.00 bits per heavy atom. The molecule has 2 heteroatoms. The maximum Gasteiger partial charge on any atom is 0.0831 e. The molecule has 0 amide bonds. The highest BCUT2D eigenvalue weighted by molar-refractivity contribution is 5.21. The molecule has 2 fully saturated rings. The zero-order valence-electron chi connectivity index (χ0n) is 9.31. The first-order chi connectivity index (χ1) is 7.17. The maximum absolute atomic E-state index is 5.89. The van der Waals surface area contributed by atoms with Crippen LogP contribution in [0.1, 0.15) is 38.3 Å². The third-order valence-corrected chi connectivity index (χ3v) is 3.54. The van der Waals surface area contributed by atoms with Crippen LogP contribution in [0.25, 0.3) is 0 Å². The third-order valence-electron chi connectivity index (χ3n) is 3.54. The second-order valence-electron chi connectivity index (χ2n) is 5.23. The van der Waals surface area contributed by atoms with Crippen molar-refractivity contribution in [3.05, 3.63) is 35.9 Å². The van der Waals surface area contributed by atoms with Crippen LogP contribution >= 0.6 is 0 Å². The van der Waals surface area contributed by atoms with Crippen molar-refractivity contribution in [2.24, 2.45) is 0 Å². The van der Waals surface area contributed by atoms with Crippen LogP contribution in [0.3, 0.4) is 0 Å². The average Bonchev–Trinajstić information content (AvgIpc) is 2.74. The smallest absolute Gasteiger partial charge is 0.0831 e. The minimum atomic E-state index is 0.198. The summed E-state index contributed by atoms with van der Waals surface area (Å²) in [6.07, 6.45) is 2.74. The van der Waals surface area contributed by atoms with Crippen LogP contribution in [0.15, 0.2) is 30.3 Å². The minimum Gasteiger partial charge on any atom is -0.294 e. The van der Waals surface area contributed by atoms with E-state index in [1.807, 2.05) is 0 Å². The number of hydroxylamine groups is 2. The molecule has 0 saturated carbocycles. The van der Waals surface area contributed by atoms with E-state index >= 15 is 0 Å². The highest BCUT2D eigenvalue weighted by Crippen LogP contribution is 2.48. The molecular formula is C13H17NO. The van der Waals surface area contributed by atoms with Gasteiger partial charge in [-0.15, -0.1) is 0 Å². The molecule has 0 aliphatic carbocycles. The van der Waals surface area contributed by atoms with E-state index in [0.717, 1.165) is 12.8 Å². The van der Waals surface area contributed by atoms with Crippen molar-refractivity contribution in [3.63, 3.8) is 0 Å². The third kappa shape index (κ3) is 1.40. The first-order valence-electron chi connectivity index (χ1n) is 5.68. The van der Waals surface area contributed by atoms with Crippen LogP contribution < -0.4 is 0 Å². The van der Waals surface area contributed by atoms with Crippen LogP contribution in [0.2, 0.25) is 0 Å². The summed E-state index contributed by atoms with van der Waals surface area (Å²) in [4.78, 5) is 5.89. The Balaban J connectivity index is 1.91. The molecular weight excluding hydrogens is 186 g/mol. The van der Waals surface area contributed by atoms with Crippen molar-refractivity contribution in [1.82, 2.24) is 5.06 Å². The number of hydrogen-bond acceptors (Lipinski definition) is 2. The number of hydrogen-bond donors (Lipinski definition) is 0. The molecule has 3 rings (SSSR count). The lowest BCUT2D eigenvalue weighted by Gasteiger charge is -2.35. The fourth-order valence-corrected chi connectivity index (χ4v) is 2.90. The second-order valence-corrected chi connectivity index (χ2v) is 5.23. The van der Waals surface area contributed by atoms with Gasteiger partial charge in [-0.25, -0.2) is 0 Å². The summed E-state index contributed by atoms with van der Waals surface area (Å²) in [6, 6.07) is 11.1. The monoisotopic (exact) mass is 203 g/mol. The van der Waals surface area contributed by atoms with Gasteiger partial charge in [0.15, 0.2) is 0 Å². The highest BCUT2D eigenvalue weighted by Gasteiger charge is 2.50.